The minimum absolute atomic E-state index is 0.172. The molecule has 1 heteroatoms. The number of Topliss-reactive ketones (excluding diaryl/α,β-unsaturated/α-hetero) is 1. The van der Waals surface area contributed by atoms with Gasteiger partial charge >= 0.3 is 0 Å². The third-order valence-electron chi connectivity index (χ3n) is 4.02. The Morgan fingerprint density at radius 3 is 1.46 bits per heavy atom. The van der Waals surface area contributed by atoms with Crippen molar-refractivity contribution in [1.82, 2.24) is 0 Å². The van der Waals surface area contributed by atoms with Gasteiger partial charge in [0.15, 0.2) is 5.78 Å². The monoisotopic (exact) mass is 312 g/mol. The summed E-state index contributed by atoms with van der Waals surface area (Å²) in [6.07, 6.45) is 13.5. The first-order valence-corrected chi connectivity index (χ1v) is 8.22. The highest BCUT2D eigenvalue weighted by atomic mass is 16.1. The molecule has 1 saturated carbocycles. The van der Waals surface area contributed by atoms with E-state index in [4.69, 9.17) is 0 Å². The van der Waals surface area contributed by atoms with Crippen LogP contribution in [0.1, 0.15) is 24.0 Å². The van der Waals surface area contributed by atoms with E-state index in [1.165, 1.54) is 0 Å². The first-order valence-electron chi connectivity index (χ1n) is 8.22. The van der Waals surface area contributed by atoms with Gasteiger partial charge in [-0.2, -0.15) is 0 Å². The van der Waals surface area contributed by atoms with Crippen LogP contribution >= 0.6 is 0 Å². The van der Waals surface area contributed by atoms with Gasteiger partial charge < -0.3 is 0 Å². The summed E-state index contributed by atoms with van der Waals surface area (Å²) in [5, 5.41) is 0. The number of hydrogen-bond acceptors (Lipinski definition) is 1. The molecule has 0 aromatic heterocycles. The van der Waals surface area contributed by atoms with Crippen LogP contribution in [0.15, 0.2) is 96.1 Å². The van der Waals surface area contributed by atoms with Crippen LogP contribution in [0.2, 0.25) is 0 Å². The predicted octanol–water partition coefficient (Wildman–Crippen LogP) is 5.63. The Labute approximate surface area is 143 Å². The predicted molar refractivity (Wildman–Crippen MR) is 101 cm³/mol. The molecule has 24 heavy (non-hydrogen) atoms. The summed E-state index contributed by atoms with van der Waals surface area (Å²) < 4.78 is 0. The first-order chi connectivity index (χ1) is 11.8. The van der Waals surface area contributed by atoms with Crippen molar-refractivity contribution < 1.29 is 4.79 Å². The van der Waals surface area contributed by atoms with Crippen molar-refractivity contribution in [2.45, 2.75) is 12.8 Å². The molecule has 1 aliphatic carbocycles. The lowest BCUT2D eigenvalue weighted by Crippen LogP contribution is -1.94. The van der Waals surface area contributed by atoms with Crippen LogP contribution in [0.4, 0.5) is 0 Å². The molecule has 0 heterocycles. The van der Waals surface area contributed by atoms with Crippen molar-refractivity contribution in [3.63, 3.8) is 0 Å². The number of carbonyl (C=O) groups is 1. The van der Waals surface area contributed by atoms with Crippen LogP contribution in [0.5, 0.6) is 0 Å². The van der Waals surface area contributed by atoms with Crippen LogP contribution in [0.3, 0.4) is 0 Å². The molecule has 0 unspecified atom stereocenters. The average Bonchev–Trinajstić information content (AvgIpc) is 2.97. The van der Waals surface area contributed by atoms with E-state index in [2.05, 4.69) is 0 Å². The second-order valence-electron chi connectivity index (χ2n) is 5.75. The van der Waals surface area contributed by atoms with Crippen LogP contribution < -0.4 is 0 Å². The van der Waals surface area contributed by atoms with E-state index in [1.807, 2.05) is 97.1 Å². The van der Waals surface area contributed by atoms with Crippen molar-refractivity contribution in [2.24, 2.45) is 0 Å². The summed E-state index contributed by atoms with van der Waals surface area (Å²) >= 11 is 0. The molecule has 1 aliphatic rings. The second kappa shape index (κ2) is 8.07. The third-order valence-corrected chi connectivity index (χ3v) is 4.02. The first kappa shape index (κ1) is 15.9. The van der Waals surface area contributed by atoms with Crippen LogP contribution in [-0.2, 0) is 4.79 Å². The van der Waals surface area contributed by atoms with Crippen molar-refractivity contribution in [3.8, 4) is 0 Å². The van der Waals surface area contributed by atoms with Crippen LogP contribution in [-0.4, -0.2) is 5.78 Å². The number of carbonyl (C=O) groups excluding carboxylic acids is 1. The maximum absolute atomic E-state index is 12.4. The number of hydrogen-bond donors (Lipinski definition) is 0. The second-order valence-corrected chi connectivity index (χ2v) is 5.75. The Balaban J connectivity index is 1.64. The van der Waals surface area contributed by atoms with E-state index in [1.54, 1.807) is 0 Å². The Kier molecular flexibility index (Phi) is 5.36. The molecular formula is C23H20O. The Morgan fingerprint density at radius 2 is 1.04 bits per heavy atom. The molecule has 0 radical (unpaired) electrons. The summed E-state index contributed by atoms with van der Waals surface area (Å²) in [6.45, 7) is 0. The zero-order valence-corrected chi connectivity index (χ0v) is 13.6. The van der Waals surface area contributed by atoms with Crippen molar-refractivity contribution in [1.29, 1.82) is 0 Å². The van der Waals surface area contributed by atoms with E-state index >= 15 is 0 Å². The SMILES string of the molecule is O=C1/C(=C\C=C\c2ccccc2)CC/C1=C\C=C/c1ccccc1. The highest BCUT2D eigenvalue weighted by Gasteiger charge is 2.21. The molecule has 0 atom stereocenters. The molecular weight excluding hydrogens is 292 g/mol. The van der Waals surface area contributed by atoms with E-state index in [-0.39, 0.29) is 5.78 Å². The highest BCUT2D eigenvalue weighted by Crippen LogP contribution is 2.26. The molecule has 1 nitrogen and oxygen atoms in total. The van der Waals surface area contributed by atoms with Gasteiger partial charge in [-0.15, -0.1) is 0 Å². The Morgan fingerprint density at radius 1 is 0.625 bits per heavy atom. The highest BCUT2D eigenvalue weighted by molar-refractivity contribution is 6.11. The molecule has 0 N–H and O–H groups in total. The van der Waals surface area contributed by atoms with Crippen LogP contribution in [0.25, 0.3) is 12.2 Å². The topological polar surface area (TPSA) is 17.1 Å². The summed E-state index contributed by atoms with van der Waals surface area (Å²) in [7, 11) is 0. The zero-order valence-electron chi connectivity index (χ0n) is 13.6. The van der Waals surface area contributed by atoms with Gasteiger partial charge in [0.05, 0.1) is 0 Å². The molecule has 3 rings (SSSR count). The molecule has 2 aromatic carbocycles. The summed E-state index contributed by atoms with van der Waals surface area (Å²) in [5.41, 5.74) is 4.06. The fourth-order valence-electron chi connectivity index (χ4n) is 2.70. The van der Waals surface area contributed by atoms with Gasteiger partial charge in [-0.25, -0.2) is 0 Å². The van der Waals surface area contributed by atoms with E-state index in [0.717, 1.165) is 35.1 Å². The fourth-order valence-corrected chi connectivity index (χ4v) is 2.70. The lowest BCUT2D eigenvalue weighted by molar-refractivity contribution is -0.111. The van der Waals surface area contributed by atoms with Gasteiger partial charge in [0.1, 0.15) is 0 Å². The number of allylic oxidation sites excluding steroid dienone is 6. The molecule has 0 bridgehead atoms. The quantitative estimate of drug-likeness (QED) is 0.669. The van der Waals surface area contributed by atoms with Crippen molar-refractivity contribution in [3.05, 3.63) is 107 Å². The number of rotatable bonds is 4. The van der Waals surface area contributed by atoms with Gasteiger partial charge in [0, 0.05) is 11.1 Å². The average molecular weight is 312 g/mol. The smallest absolute Gasteiger partial charge is 0.185 e. The number of ketones is 1. The molecule has 0 spiro atoms. The van der Waals surface area contributed by atoms with Gasteiger partial charge in [0.25, 0.3) is 0 Å². The molecule has 118 valence electrons. The van der Waals surface area contributed by atoms with Crippen molar-refractivity contribution in [2.75, 3.05) is 0 Å². The largest absolute Gasteiger partial charge is 0.289 e. The Hall–Kier alpha value is -2.93. The van der Waals surface area contributed by atoms with Gasteiger partial charge in [0.2, 0.25) is 0 Å². The molecule has 0 saturated heterocycles. The summed E-state index contributed by atoms with van der Waals surface area (Å²) in [5.74, 6) is 0.172. The minimum Gasteiger partial charge on any atom is -0.289 e. The van der Waals surface area contributed by atoms with Crippen molar-refractivity contribution >= 4 is 17.9 Å². The van der Waals surface area contributed by atoms with E-state index in [0.29, 0.717) is 0 Å². The zero-order chi connectivity index (χ0) is 16.6. The van der Waals surface area contributed by atoms with E-state index in [9.17, 15) is 4.79 Å². The van der Waals surface area contributed by atoms with Crippen LogP contribution in [0, 0.1) is 0 Å². The molecule has 0 aliphatic heterocycles. The fraction of sp³-hybridized carbons (Fsp3) is 0.0870. The molecule has 1 fully saturated rings. The summed E-state index contributed by atoms with van der Waals surface area (Å²) in [6, 6.07) is 20.2. The van der Waals surface area contributed by atoms with Gasteiger partial charge in [-0.05, 0) is 24.0 Å². The summed E-state index contributed by atoms with van der Waals surface area (Å²) in [4.78, 5) is 12.4. The maximum Gasteiger partial charge on any atom is 0.185 e. The Bertz CT molecular complexity index is 736. The lowest BCUT2D eigenvalue weighted by Gasteiger charge is -1.93. The molecule has 0 amide bonds. The third kappa shape index (κ3) is 4.30. The normalized spacial score (nSPS) is 18.4. The standard InChI is InChI=1S/C23H20O/c24-23-21(15-7-13-19-9-3-1-4-10-19)17-18-22(23)16-8-14-20-11-5-2-6-12-20/h1-16H,17-18H2/b13-7-,14-8+,21-15+,22-16-. The van der Waals surface area contributed by atoms with Gasteiger partial charge in [-0.3, -0.25) is 4.79 Å². The number of benzene rings is 2. The van der Waals surface area contributed by atoms with E-state index < -0.39 is 0 Å². The minimum atomic E-state index is 0.172. The maximum atomic E-state index is 12.4. The van der Waals surface area contributed by atoms with Gasteiger partial charge in [-0.1, -0.05) is 97.1 Å². The lowest BCUT2D eigenvalue weighted by atomic mass is 10.1. The molecule has 2 aromatic rings.